The van der Waals surface area contributed by atoms with Crippen molar-refractivity contribution in [2.45, 2.75) is 6.67 Å². The van der Waals surface area contributed by atoms with E-state index >= 15 is 0 Å². The molecule has 2 aromatic rings. The molecule has 0 aliphatic carbocycles. The summed E-state index contributed by atoms with van der Waals surface area (Å²) in [6.45, 7) is 2.82. The van der Waals surface area contributed by atoms with Crippen LogP contribution in [-0.2, 0) is 6.67 Å². The molecular formula is C14H19N5O2S. The first-order valence-electron chi connectivity index (χ1n) is 7.10. The van der Waals surface area contributed by atoms with Gasteiger partial charge in [0.2, 0.25) is 5.82 Å². The fourth-order valence-corrected chi connectivity index (χ4v) is 3.29. The number of nitrogens with zero attached hydrogens (tertiary/aromatic N) is 5. The number of aromatic nitrogens is 4. The average molecular weight is 321 g/mol. The molecule has 0 amide bonds. The predicted molar refractivity (Wildman–Crippen MR) is 85.3 cm³/mol. The lowest BCUT2D eigenvalue weighted by molar-refractivity contribution is 0.211. The molecule has 3 rings (SSSR count). The third-order valence-electron chi connectivity index (χ3n) is 3.52. The van der Waals surface area contributed by atoms with Crippen molar-refractivity contribution in [1.29, 1.82) is 0 Å². The standard InChI is InChI=1S/C14H19N5O2S/c1-20-12-4-3-11(9-13(12)21-2)14-15-17-19(16-14)10-18-5-7-22-8-6-18/h3-4,9H,5-8,10H2,1-2H3. The van der Waals surface area contributed by atoms with Crippen LogP contribution in [-0.4, -0.2) is 63.9 Å². The molecule has 1 fully saturated rings. The van der Waals surface area contributed by atoms with Crippen LogP contribution in [0.25, 0.3) is 11.4 Å². The quantitative estimate of drug-likeness (QED) is 0.824. The monoisotopic (exact) mass is 321 g/mol. The molecule has 2 heterocycles. The Bertz CT molecular complexity index is 627. The molecule has 0 atom stereocenters. The summed E-state index contributed by atoms with van der Waals surface area (Å²) >= 11 is 1.99. The first kappa shape index (κ1) is 15.1. The molecule has 1 aliphatic heterocycles. The zero-order valence-electron chi connectivity index (χ0n) is 12.7. The van der Waals surface area contributed by atoms with Crippen LogP contribution in [0.2, 0.25) is 0 Å². The van der Waals surface area contributed by atoms with Crippen LogP contribution in [0.5, 0.6) is 11.5 Å². The predicted octanol–water partition coefficient (Wildman–Crippen LogP) is 1.36. The molecule has 7 nitrogen and oxygen atoms in total. The maximum Gasteiger partial charge on any atom is 0.205 e. The fourth-order valence-electron chi connectivity index (χ4n) is 2.32. The average Bonchev–Trinajstić information content (AvgIpc) is 3.03. The lowest BCUT2D eigenvalue weighted by atomic mass is 10.2. The van der Waals surface area contributed by atoms with E-state index in [0.29, 0.717) is 24.0 Å². The Labute approximate surface area is 133 Å². The van der Waals surface area contributed by atoms with Gasteiger partial charge in [0.15, 0.2) is 11.5 Å². The maximum atomic E-state index is 5.31. The second-order valence-corrected chi connectivity index (χ2v) is 6.15. The van der Waals surface area contributed by atoms with E-state index in [9.17, 15) is 0 Å². The maximum absolute atomic E-state index is 5.31. The minimum atomic E-state index is 0.590. The van der Waals surface area contributed by atoms with Gasteiger partial charge in [-0.15, -0.1) is 15.0 Å². The first-order chi connectivity index (χ1) is 10.8. The van der Waals surface area contributed by atoms with Crippen molar-refractivity contribution in [1.82, 2.24) is 25.1 Å². The van der Waals surface area contributed by atoms with Crippen LogP contribution in [0.3, 0.4) is 0 Å². The van der Waals surface area contributed by atoms with Crippen LogP contribution in [0, 0.1) is 0 Å². The molecule has 8 heteroatoms. The minimum Gasteiger partial charge on any atom is -0.493 e. The summed E-state index contributed by atoms with van der Waals surface area (Å²) in [6, 6.07) is 5.61. The summed E-state index contributed by atoms with van der Waals surface area (Å²) in [4.78, 5) is 3.97. The number of methoxy groups -OCH3 is 2. The van der Waals surface area contributed by atoms with Crippen LogP contribution in [0.15, 0.2) is 18.2 Å². The molecule has 1 aromatic carbocycles. The van der Waals surface area contributed by atoms with Gasteiger partial charge in [-0.25, -0.2) is 0 Å². The van der Waals surface area contributed by atoms with Crippen LogP contribution >= 0.6 is 11.8 Å². The van der Waals surface area contributed by atoms with Crippen molar-refractivity contribution in [3.05, 3.63) is 18.2 Å². The molecule has 1 aliphatic rings. The summed E-state index contributed by atoms with van der Waals surface area (Å²) in [5, 5.41) is 12.7. The Morgan fingerprint density at radius 2 is 1.91 bits per heavy atom. The number of benzene rings is 1. The van der Waals surface area contributed by atoms with E-state index in [1.165, 1.54) is 0 Å². The van der Waals surface area contributed by atoms with Gasteiger partial charge in [-0.2, -0.15) is 11.8 Å². The normalized spacial score (nSPS) is 15.7. The fraction of sp³-hybridized carbons (Fsp3) is 0.500. The van der Waals surface area contributed by atoms with Crippen molar-refractivity contribution < 1.29 is 9.47 Å². The van der Waals surface area contributed by atoms with Crippen molar-refractivity contribution in [2.24, 2.45) is 0 Å². The van der Waals surface area contributed by atoms with Gasteiger partial charge < -0.3 is 9.47 Å². The second-order valence-electron chi connectivity index (χ2n) is 4.93. The number of ether oxygens (including phenoxy) is 2. The van der Waals surface area contributed by atoms with Crippen LogP contribution < -0.4 is 9.47 Å². The van der Waals surface area contributed by atoms with E-state index in [0.717, 1.165) is 30.2 Å². The van der Waals surface area contributed by atoms with Crippen LogP contribution in [0.4, 0.5) is 0 Å². The number of tetrazole rings is 1. The molecule has 0 bridgehead atoms. The third kappa shape index (κ3) is 3.33. The largest absolute Gasteiger partial charge is 0.493 e. The number of thioether (sulfide) groups is 1. The Kier molecular flexibility index (Phi) is 4.79. The number of hydrogen-bond donors (Lipinski definition) is 0. The molecule has 118 valence electrons. The van der Waals surface area contributed by atoms with Crippen LogP contribution in [0.1, 0.15) is 0 Å². The van der Waals surface area contributed by atoms with Gasteiger partial charge in [-0.3, -0.25) is 4.90 Å². The Hall–Kier alpha value is -1.80. The van der Waals surface area contributed by atoms with Gasteiger partial charge in [0.25, 0.3) is 0 Å². The van der Waals surface area contributed by atoms with E-state index in [2.05, 4.69) is 20.3 Å². The van der Waals surface area contributed by atoms with E-state index in [4.69, 9.17) is 9.47 Å². The van der Waals surface area contributed by atoms with E-state index in [-0.39, 0.29) is 0 Å². The minimum absolute atomic E-state index is 0.590. The third-order valence-corrected chi connectivity index (χ3v) is 4.47. The van der Waals surface area contributed by atoms with Gasteiger partial charge >= 0.3 is 0 Å². The van der Waals surface area contributed by atoms with Crippen molar-refractivity contribution >= 4 is 11.8 Å². The van der Waals surface area contributed by atoms with Gasteiger partial charge in [0.05, 0.1) is 14.2 Å². The first-order valence-corrected chi connectivity index (χ1v) is 8.26. The van der Waals surface area contributed by atoms with Gasteiger partial charge in [0, 0.05) is 30.2 Å². The van der Waals surface area contributed by atoms with Gasteiger partial charge in [-0.05, 0) is 23.4 Å². The van der Waals surface area contributed by atoms with Crippen molar-refractivity contribution in [3.8, 4) is 22.9 Å². The molecule has 0 N–H and O–H groups in total. The molecule has 0 saturated carbocycles. The molecule has 22 heavy (non-hydrogen) atoms. The SMILES string of the molecule is COc1ccc(-c2nnn(CN3CCSCC3)n2)cc1OC. The summed E-state index contributed by atoms with van der Waals surface area (Å²) in [6.07, 6.45) is 0. The molecule has 1 saturated heterocycles. The molecule has 1 aromatic heterocycles. The molecule has 0 radical (unpaired) electrons. The lowest BCUT2D eigenvalue weighted by Gasteiger charge is -2.24. The Morgan fingerprint density at radius 1 is 1.14 bits per heavy atom. The van der Waals surface area contributed by atoms with Crippen molar-refractivity contribution in [3.63, 3.8) is 0 Å². The highest BCUT2D eigenvalue weighted by atomic mass is 32.2. The zero-order valence-corrected chi connectivity index (χ0v) is 13.5. The summed E-state index contributed by atoms with van der Waals surface area (Å²) in [7, 11) is 3.23. The van der Waals surface area contributed by atoms with Gasteiger partial charge in [0.1, 0.15) is 6.67 Å². The Morgan fingerprint density at radius 3 is 2.64 bits per heavy atom. The van der Waals surface area contributed by atoms with Crippen molar-refractivity contribution in [2.75, 3.05) is 38.8 Å². The Balaban J connectivity index is 1.75. The highest BCUT2D eigenvalue weighted by Crippen LogP contribution is 2.30. The summed E-state index contributed by atoms with van der Waals surface area (Å²) in [5.41, 5.74) is 0.859. The van der Waals surface area contributed by atoms with E-state index in [1.54, 1.807) is 19.0 Å². The number of hydrogen-bond acceptors (Lipinski definition) is 7. The zero-order chi connectivity index (χ0) is 15.4. The summed E-state index contributed by atoms with van der Waals surface area (Å²) in [5.74, 6) is 4.26. The van der Waals surface area contributed by atoms with Gasteiger partial charge in [-0.1, -0.05) is 0 Å². The second kappa shape index (κ2) is 6.97. The molecular weight excluding hydrogens is 302 g/mol. The highest BCUT2D eigenvalue weighted by Gasteiger charge is 2.14. The summed E-state index contributed by atoms with van der Waals surface area (Å²) < 4.78 is 10.5. The topological polar surface area (TPSA) is 65.3 Å². The van der Waals surface area contributed by atoms with E-state index < -0.39 is 0 Å². The highest BCUT2D eigenvalue weighted by molar-refractivity contribution is 7.99. The van der Waals surface area contributed by atoms with E-state index in [1.807, 2.05) is 30.0 Å². The molecule has 0 spiro atoms. The smallest absolute Gasteiger partial charge is 0.205 e. The lowest BCUT2D eigenvalue weighted by Crippen LogP contribution is -2.34. The molecule has 0 unspecified atom stereocenters. The number of rotatable bonds is 5.